The number of amides is 1. The Bertz CT molecular complexity index is 703. The Morgan fingerprint density at radius 1 is 1.48 bits per heavy atom. The topological polar surface area (TPSA) is 74.0 Å². The first kappa shape index (κ1) is 16.0. The molecule has 8 heteroatoms. The lowest BCUT2D eigenvalue weighted by atomic mass is 10.2. The Morgan fingerprint density at radius 3 is 2.96 bits per heavy atom. The fourth-order valence-electron chi connectivity index (χ4n) is 2.61. The predicted molar refractivity (Wildman–Crippen MR) is 85.6 cm³/mol. The minimum atomic E-state index is -0.189. The van der Waals surface area contributed by atoms with Crippen molar-refractivity contribution in [3.05, 3.63) is 34.4 Å². The second-order valence-corrected chi connectivity index (χ2v) is 6.09. The molecule has 1 N–H and O–H groups in total. The number of aryl methyl sites for hydroxylation is 1. The highest BCUT2D eigenvalue weighted by Gasteiger charge is 2.18. The summed E-state index contributed by atoms with van der Waals surface area (Å²) in [5.41, 5.74) is 2.05. The lowest BCUT2D eigenvalue weighted by Gasteiger charge is -2.09. The Balaban J connectivity index is 1.60. The average molecular weight is 338 g/mol. The van der Waals surface area contributed by atoms with Crippen LogP contribution in [0.4, 0.5) is 0 Å². The second kappa shape index (κ2) is 6.72. The van der Waals surface area contributed by atoms with E-state index in [-0.39, 0.29) is 12.0 Å². The molecule has 0 spiro atoms. The van der Waals surface area contributed by atoms with Crippen LogP contribution in [0.1, 0.15) is 34.7 Å². The predicted octanol–water partition coefficient (Wildman–Crippen LogP) is 1.76. The van der Waals surface area contributed by atoms with Gasteiger partial charge in [-0.05, 0) is 32.8 Å². The molecule has 0 bridgehead atoms. The summed E-state index contributed by atoms with van der Waals surface area (Å²) in [5, 5.41) is 12.2. The highest BCUT2D eigenvalue weighted by Crippen LogP contribution is 2.18. The summed E-state index contributed by atoms with van der Waals surface area (Å²) in [5.74, 6) is -0.189. The minimum absolute atomic E-state index is 0.123. The quantitative estimate of drug-likeness (QED) is 0.902. The van der Waals surface area contributed by atoms with Gasteiger partial charge in [-0.2, -0.15) is 10.2 Å². The van der Waals surface area contributed by atoms with Gasteiger partial charge >= 0.3 is 0 Å². The third-order valence-electron chi connectivity index (χ3n) is 3.96. The lowest BCUT2D eigenvalue weighted by molar-refractivity contribution is 0.0853. The summed E-state index contributed by atoms with van der Waals surface area (Å²) in [6.45, 7) is 5.48. The summed E-state index contributed by atoms with van der Waals surface area (Å²) in [6.07, 6.45) is 3.93. The van der Waals surface area contributed by atoms with Crippen molar-refractivity contribution in [2.45, 2.75) is 39.5 Å². The van der Waals surface area contributed by atoms with E-state index in [0.717, 1.165) is 30.8 Å². The van der Waals surface area contributed by atoms with Gasteiger partial charge in [-0.3, -0.25) is 9.48 Å². The van der Waals surface area contributed by atoms with Crippen molar-refractivity contribution in [1.29, 1.82) is 0 Å². The molecule has 0 aromatic carbocycles. The number of aromatic nitrogens is 4. The molecule has 1 aliphatic rings. The van der Waals surface area contributed by atoms with Crippen LogP contribution in [-0.2, 0) is 11.4 Å². The molecule has 0 radical (unpaired) electrons. The number of halogens is 1. The van der Waals surface area contributed by atoms with Gasteiger partial charge in [0.05, 0.1) is 22.5 Å². The molecular formula is C15H20ClN5O2. The first-order valence-corrected chi connectivity index (χ1v) is 8.05. The summed E-state index contributed by atoms with van der Waals surface area (Å²) in [7, 11) is 0. The molecule has 23 heavy (non-hydrogen) atoms. The van der Waals surface area contributed by atoms with Crippen molar-refractivity contribution in [3.8, 4) is 0 Å². The molecule has 0 saturated carbocycles. The summed E-state index contributed by atoms with van der Waals surface area (Å²) in [4.78, 5) is 12.1. The molecular weight excluding hydrogens is 318 g/mol. The molecule has 3 heterocycles. The minimum Gasteiger partial charge on any atom is -0.376 e. The smallest absolute Gasteiger partial charge is 0.271 e. The number of nitrogens with one attached hydrogen (secondary N) is 1. The van der Waals surface area contributed by atoms with E-state index in [4.69, 9.17) is 16.3 Å². The number of hydrogen-bond donors (Lipinski definition) is 1. The fourth-order valence-corrected chi connectivity index (χ4v) is 2.75. The first-order valence-electron chi connectivity index (χ1n) is 7.67. The maximum Gasteiger partial charge on any atom is 0.271 e. The van der Waals surface area contributed by atoms with Crippen molar-refractivity contribution < 1.29 is 9.53 Å². The highest BCUT2D eigenvalue weighted by atomic mass is 35.5. The molecule has 3 rings (SSSR count). The number of carbonyl (C=O) groups excluding carboxylic acids is 1. The van der Waals surface area contributed by atoms with E-state index >= 15 is 0 Å². The van der Waals surface area contributed by atoms with Crippen LogP contribution in [0, 0.1) is 13.8 Å². The van der Waals surface area contributed by atoms with Gasteiger partial charge in [-0.25, -0.2) is 4.68 Å². The van der Waals surface area contributed by atoms with Crippen molar-refractivity contribution in [2.75, 3.05) is 13.2 Å². The van der Waals surface area contributed by atoms with Crippen LogP contribution in [0.15, 0.2) is 12.3 Å². The van der Waals surface area contributed by atoms with E-state index in [1.54, 1.807) is 21.6 Å². The van der Waals surface area contributed by atoms with Gasteiger partial charge in [0.1, 0.15) is 12.4 Å². The molecule has 124 valence electrons. The van der Waals surface area contributed by atoms with Gasteiger partial charge < -0.3 is 10.1 Å². The van der Waals surface area contributed by atoms with Crippen LogP contribution in [0.5, 0.6) is 0 Å². The van der Waals surface area contributed by atoms with E-state index in [2.05, 4.69) is 15.5 Å². The maximum absolute atomic E-state index is 12.1. The van der Waals surface area contributed by atoms with Crippen LogP contribution >= 0.6 is 11.6 Å². The first-order chi connectivity index (χ1) is 11.0. The highest BCUT2D eigenvalue weighted by molar-refractivity contribution is 6.31. The molecule has 0 unspecified atom stereocenters. The molecule has 2 aromatic rings. The van der Waals surface area contributed by atoms with E-state index in [1.807, 2.05) is 13.8 Å². The molecule has 1 atom stereocenters. The third kappa shape index (κ3) is 3.56. The van der Waals surface area contributed by atoms with Crippen LogP contribution < -0.4 is 5.32 Å². The summed E-state index contributed by atoms with van der Waals surface area (Å²) in [6, 6.07) is 1.69. The van der Waals surface area contributed by atoms with Gasteiger partial charge in [0.25, 0.3) is 5.91 Å². The Morgan fingerprint density at radius 2 is 2.30 bits per heavy atom. The molecule has 7 nitrogen and oxygen atoms in total. The Kier molecular flexibility index (Phi) is 4.68. The normalized spacial score (nSPS) is 17.6. The van der Waals surface area contributed by atoms with Gasteiger partial charge in [0.2, 0.25) is 0 Å². The summed E-state index contributed by atoms with van der Waals surface area (Å²) < 4.78 is 8.91. The lowest BCUT2D eigenvalue weighted by Crippen LogP contribution is -2.32. The van der Waals surface area contributed by atoms with Gasteiger partial charge in [-0.15, -0.1) is 0 Å². The van der Waals surface area contributed by atoms with Crippen LogP contribution in [0.3, 0.4) is 0 Å². The second-order valence-electron chi connectivity index (χ2n) is 5.71. The molecule has 1 aliphatic heterocycles. The van der Waals surface area contributed by atoms with E-state index in [0.29, 0.717) is 23.9 Å². The number of nitrogens with zero attached hydrogens (tertiary/aromatic N) is 4. The molecule has 1 amide bonds. The molecule has 0 aliphatic carbocycles. The number of carbonyl (C=O) groups is 1. The van der Waals surface area contributed by atoms with E-state index < -0.39 is 0 Å². The summed E-state index contributed by atoms with van der Waals surface area (Å²) >= 11 is 6.13. The molecule has 1 saturated heterocycles. The largest absolute Gasteiger partial charge is 0.376 e. The SMILES string of the molecule is Cc1nn(Cn2ccc(C(=O)NC[C@@H]3CCCO3)n2)c(C)c1Cl. The monoisotopic (exact) mass is 337 g/mol. The Labute approximate surface area is 139 Å². The van der Waals surface area contributed by atoms with Gasteiger partial charge in [-0.1, -0.05) is 11.6 Å². The Hall–Kier alpha value is -1.86. The van der Waals surface area contributed by atoms with Crippen molar-refractivity contribution >= 4 is 17.5 Å². The van der Waals surface area contributed by atoms with Crippen LogP contribution in [0.25, 0.3) is 0 Å². The fraction of sp³-hybridized carbons (Fsp3) is 0.533. The average Bonchev–Trinajstić information content (AvgIpc) is 3.25. The van der Waals surface area contributed by atoms with E-state index in [9.17, 15) is 4.79 Å². The van der Waals surface area contributed by atoms with Gasteiger partial charge in [0.15, 0.2) is 0 Å². The van der Waals surface area contributed by atoms with Crippen molar-refractivity contribution in [3.63, 3.8) is 0 Å². The van der Waals surface area contributed by atoms with Crippen LogP contribution in [-0.4, -0.2) is 44.7 Å². The standard InChI is InChI=1S/C15H20ClN5O2/c1-10-14(16)11(2)21(18-10)9-20-6-5-13(19-20)15(22)17-8-12-4-3-7-23-12/h5-6,12H,3-4,7-9H2,1-2H3,(H,17,22)/t12-/m0/s1. The zero-order valence-electron chi connectivity index (χ0n) is 13.3. The van der Waals surface area contributed by atoms with E-state index in [1.165, 1.54) is 0 Å². The van der Waals surface area contributed by atoms with Crippen molar-refractivity contribution in [1.82, 2.24) is 24.9 Å². The van der Waals surface area contributed by atoms with Crippen LogP contribution in [0.2, 0.25) is 5.02 Å². The van der Waals surface area contributed by atoms with Crippen molar-refractivity contribution in [2.24, 2.45) is 0 Å². The number of ether oxygens (including phenoxy) is 1. The molecule has 2 aromatic heterocycles. The zero-order chi connectivity index (χ0) is 16.4. The van der Waals surface area contributed by atoms with Gasteiger partial charge in [0, 0.05) is 19.3 Å². The number of hydrogen-bond acceptors (Lipinski definition) is 4. The zero-order valence-corrected chi connectivity index (χ0v) is 14.0. The maximum atomic E-state index is 12.1. The number of rotatable bonds is 5. The molecule has 1 fully saturated rings. The third-order valence-corrected chi connectivity index (χ3v) is 4.51.